The van der Waals surface area contributed by atoms with Crippen molar-refractivity contribution in [3.63, 3.8) is 0 Å². The number of carbonyl (C=O) groups excluding carboxylic acids is 1. The SMILES string of the molecule is CCC(C#N)N1CCCC(C(=O)NCCN)C1. The number of hydrogen-bond acceptors (Lipinski definition) is 4. The normalized spacial score (nSPS) is 22.8. The smallest absolute Gasteiger partial charge is 0.224 e. The van der Waals surface area contributed by atoms with Gasteiger partial charge in [0.05, 0.1) is 18.0 Å². The molecule has 0 saturated carbocycles. The van der Waals surface area contributed by atoms with Crippen molar-refractivity contribution in [2.24, 2.45) is 11.7 Å². The van der Waals surface area contributed by atoms with Crippen LogP contribution in [0.2, 0.25) is 0 Å². The van der Waals surface area contributed by atoms with E-state index in [1.165, 1.54) is 0 Å². The average molecular weight is 238 g/mol. The fraction of sp³-hybridized carbons (Fsp3) is 0.833. The Bertz CT molecular complexity index is 287. The number of nitrogens with two attached hydrogens (primary N) is 1. The lowest BCUT2D eigenvalue weighted by Gasteiger charge is -2.34. The summed E-state index contributed by atoms with van der Waals surface area (Å²) >= 11 is 0. The number of piperidine rings is 1. The van der Waals surface area contributed by atoms with Crippen molar-refractivity contribution in [2.75, 3.05) is 26.2 Å². The topological polar surface area (TPSA) is 82.2 Å². The number of nitrogens with one attached hydrogen (secondary N) is 1. The van der Waals surface area contributed by atoms with E-state index in [9.17, 15) is 4.79 Å². The Morgan fingerprint density at radius 1 is 1.71 bits per heavy atom. The van der Waals surface area contributed by atoms with Gasteiger partial charge < -0.3 is 11.1 Å². The van der Waals surface area contributed by atoms with Crippen LogP contribution in [0.3, 0.4) is 0 Å². The predicted octanol–water partition coefficient (Wildman–Crippen LogP) is 0.0755. The monoisotopic (exact) mass is 238 g/mol. The summed E-state index contributed by atoms with van der Waals surface area (Å²) in [6.45, 7) is 4.63. The highest BCUT2D eigenvalue weighted by Gasteiger charge is 2.28. The van der Waals surface area contributed by atoms with E-state index >= 15 is 0 Å². The number of nitriles is 1. The first-order valence-corrected chi connectivity index (χ1v) is 6.34. The second-order valence-corrected chi connectivity index (χ2v) is 4.47. The summed E-state index contributed by atoms with van der Waals surface area (Å²) in [5, 5.41) is 11.9. The average Bonchev–Trinajstić information content (AvgIpc) is 2.38. The first kappa shape index (κ1) is 13.9. The van der Waals surface area contributed by atoms with Crippen molar-refractivity contribution in [3.05, 3.63) is 0 Å². The third-order valence-electron chi connectivity index (χ3n) is 3.24. The number of amides is 1. The highest BCUT2D eigenvalue weighted by Crippen LogP contribution is 2.19. The van der Waals surface area contributed by atoms with Crippen LogP contribution < -0.4 is 11.1 Å². The lowest BCUT2D eigenvalue weighted by Crippen LogP contribution is -2.47. The molecule has 0 spiro atoms. The standard InChI is InChI=1S/C12H22N4O/c1-2-11(8-14)16-7-3-4-10(9-16)12(17)15-6-5-13/h10-11H,2-7,9,13H2,1H3,(H,15,17). The van der Waals surface area contributed by atoms with Crippen LogP contribution in [0.5, 0.6) is 0 Å². The zero-order valence-corrected chi connectivity index (χ0v) is 10.5. The molecule has 3 N–H and O–H groups in total. The fourth-order valence-corrected chi connectivity index (χ4v) is 2.27. The first-order chi connectivity index (χ1) is 8.22. The molecule has 1 aliphatic rings. The van der Waals surface area contributed by atoms with Gasteiger partial charge >= 0.3 is 0 Å². The maximum Gasteiger partial charge on any atom is 0.224 e. The summed E-state index contributed by atoms with van der Waals surface area (Å²) in [7, 11) is 0. The minimum atomic E-state index is -0.0555. The molecular weight excluding hydrogens is 216 g/mol. The largest absolute Gasteiger partial charge is 0.355 e. The molecule has 0 radical (unpaired) electrons. The van der Waals surface area contributed by atoms with Crippen LogP contribution in [0.15, 0.2) is 0 Å². The van der Waals surface area contributed by atoms with Crippen LogP contribution in [0.25, 0.3) is 0 Å². The van der Waals surface area contributed by atoms with Crippen molar-refractivity contribution in [3.8, 4) is 6.07 Å². The van der Waals surface area contributed by atoms with Crippen LogP contribution in [0, 0.1) is 17.2 Å². The molecule has 5 heteroatoms. The van der Waals surface area contributed by atoms with Gasteiger partial charge in [0.1, 0.15) is 0 Å². The van der Waals surface area contributed by atoms with Gasteiger partial charge in [0, 0.05) is 19.6 Å². The highest BCUT2D eigenvalue weighted by atomic mass is 16.1. The highest BCUT2D eigenvalue weighted by molar-refractivity contribution is 5.78. The molecule has 1 saturated heterocycles. The van der Waals surface area contributed by atoms with Crippen molar-refractivity contribution < 1.29 is 4.79 Å². The zero-order chi connectivity index (χ0) is 12.7. The van der Waals surface area contributed by atoms with Crippen molar-refractivity contribution in [1.29, 1.82) is 5.26 Å². The summed E-state index contributed by atoms with van der Waals surface area (Å²) in [6.07, 6.45) is 2.71. The maximum absolute atomic E-state index is 11.8. The summed E-state index contributed by atoms with van der Waals surface area (Å²) in [6, 6.07) is 2.24. The molecule has 2 atom stereocenters. The van der Waals surface area contributed by atoms with Gasteiger partial charge in [-0.05, 0) is 25.8 Å². The van der Waals surface area contributed by atoms with Gasteiger partial charge in [-0.1, -0.05) is 6.92 Å². The molecule has 0 bridgehead atoms. The van der Waals surface area contributed by atoms with Gasteiger partial charge in [0.15, 0.2) is 0 Å². The van der Waals surface area contributed by atoms with Crippen LogP contribution in [-0.2, 0) is 4.79 Å². The van der Waals surface area contributed by atoms with Crippen molar-refractivity contribution in [2.45, 2.75) is 32.2 Å². The number of rotatable bonds is 5. The van der Waals surface area contributed by atoms with E-state index in [4.69, 9.17) is 11.0 Å². The molecule has 0 aliphatic carbocycles. The third kappa shape index (κ3) is 3.99. The molecule has 1 rings (SSSR count). The number of likely N-dealkylation sites (tertiary alicyclic amines) is 1. The van der Waals surface area contributed by atoms with Gasteiger partial charge in [-0.15, -0.1) is 0 Å². The fourth-order valence-electron chi connectivity index (χ4n) is 2.27. The third-order valence-corrected chi connectivity index (χ3v) is 3.24. The molecule has 0 aromatic rings. The van der Waals surface area contributed by atoms with Crippen LogP contribution in [0.1, 0.15) is 26.2 Å². The Morgan fingerprint density at radius 2 is 2.47 bits per heavy atom. The number of carbonyl (C=O) groups is 1. The van der Waals surface area contributed by atoms with Crippen molar-refractivity contribution in [1.82, 2.24) is 10.2 Å². The molecule has 5 nitrogen and oxygen atoms in total. The molecule has 1 amide bonds. The summed E-state index contributed by atoms with van der Waals surface area (Å²) in [5.41, 5.74) is 5.36. The minimum Gasteiger partial charge on any atom is -0.355 e. The van der Waals surface area contributed by atoms with E-state index in [1.807, 2.05) is 6.92 Å². The van der Waals surface area contributed by atoms with E-state index in [2.05, 4.69) is 16.3 Å². The number of nitrogens with zero attached hydrogens (tertiary/aromatic N) is 2. The molecule has 1 heterocycles. The molecule has 96 valence electrons. The van der Waals surface area contributed by atoms with E-state index in [0.717, 1.165) is 25.8 Å². The van der Waals surface area contributed by atoms with Crippen molar-refractivity contribution >= 4 is 5.91 Å². The zero-order valence-electron chi connectivity index (χ0n) is 10.5. The molecule has 17 heavy (non-hydrogen) atoms. The Morgan fingerprint density at radius 3 is 3.06 bits per heavy atom. The summed E-state index contributed by atoms with van der Waals surface area (Å²) in [4.78, 5) is 13.9. The van der Waals surface area contributed by atoms with Gasteiger partial charge in [-0.25, -0.2) is 0 Å². The van der Waals surface area contributed by atoms with Gasteiger partial charge in [-0.3, -0.25) is 9.69 Å². The second-order valence-electron chi connectivity index (χ2n) is 4.47. The molecule has 1 fully saturated rings. The Balaban J connectivity index is 2.48. The van der Waals surface area contributed by atoms with E-state index < -0.39 is 0 Å². The first-order valence-electron chi connectivity index (χ1n) is 6.34. The van der Waals surface area contributed by atoms with Crippen LogP contribution >= 0.6 is 0 Å². The maximum atomic E-state index is 11.8. The second kappa shape index (κ2) is 7.25. The molecule has 2 unspecified atom stereocenters. The Kier molecular flexibility index (Phi) is 5.95. The quantitative estimate of drug-likeness (QED) is 0.710. The predicted molar refractivity (Wildman–Crippen MR) is 66.1 cm³/mol. The van der Waals surface area contributed by atoms with Crippen LogP contribution in [0.4, 0.5) is 0 Å². The van der Waals surface area contributed by atoms with Gasteiger partial charge in [-0.2, -0.15) is 5.26 Å². The number of hydrogen-bond donors (Lipinski definition) is 2. The van der Waals surface area contributed by atoms with E-state index in [-0.39, 0.29) is 17.9 Å². The van der Waals surface area contributed by atoms with Crippen LogP contribution in [-0.4, -0.2) is 43.0 Å². The Labute approximate surface area is 103 Å². The molecule has 0 aromatic heterocycles. The van der Waals surface area contributed by atoms with Gasteiger partial charge in [0.2, 0.25) is 5.91 Å². The molecule has 1 aliphatic heterocycles. The van der Waals surface area contributed by atoms with E-state index in [0.29, 0.717) is 19.6 Å². The van der Waals surface area contributed by atoms with Gasteiger partial charge in [0.25, 0.3) is 0 Å². The minimum absolute atomic E-state index is 0.0118. The Hall–Kier alpha value is -1.12. The summed E-state index contributed by atoms with van der Waals surface area (Å²) < 4.78 is 0. The lowest BCUT2D eigenvalue weighted by atomic mass is 9.95. The lowest BCUT2D eigenvalue weighted by molar-refractivity contribution is -0.126. The molecule has 0 aromatic carbocycles. The summed E-state index contributed by atoms with van der Waals surface area (Å²) in [5.74, 6) is 0.0886. The van der Waals surface area contributed by atoms with E-state index in [1.54, 1.807) is 0 Å². The molecular formula is C12H22N4O.